The standard InChI is InChI=1S/C65H112O6/c1-4-7-10-13-16-19-22-25-27-28-29-30-31-32-33-34-35-36-38-40-43-46-49-52-55-58-64(67)70-61-62(60-69-63(66)57-54-51-48-45-42-39-24-21-18-15-12-9-6-3)71-65(68)59-56-53-50-47-44-41-37-26-23-20-17-14-11-8-5-2/h7,10,16,19,21,24-25,27,29-30,32-33,35-36,62H,4-6,8-9,11-15,17-18,20,22-23,26,28,31,34,37-61H2,1-3H3/b10-7-,19-16-,24-21-,27-25-,30-29-,33-32-,36-35-. The second-order valence-corrected chi connectivity index (χ2v) is 19.9. The molecule has 1 unspecified atom stereocenters. The summed E-state index contributed by atoms with van der Waals surface area (Å²) >= 11 is 0. The molecule has 6 nitrogen and oxygen atoms in total. The zero-order chi connectivity index (χ0) is 51.4. The first-order valence-corrected chi connectivity index (χ1v) is 30.1. The number of hydrogen-bond donors (Lipinski definition) is 0. The third-order valence-electron chi connectivity index (χ3n) is 12.9. The maximum Gasteiger partial charge on any atom is 0.306 e. The van der Waals surface area contributed by atoms with Crippen molar-refractivity contribution in [3.05, 3.63) is 85.1 Å². The van der Waals surface area contributed by atoms with E-state index in [0.717, 1.165) is 116 Å². The van der Waals surface area contributed by atoms with Crippen LogP contribution in [0.2, 0.25) is 0 Å². The highest BCUT2D eigenvalue weighted by Crippen LogP contribution is 2.16. The van der Waals surface area contributed by atoms with Crippen LogP contribution in [0.1, 0.15) is 290 Å². The summed E-state index contributed by atoms with van der Waals surface area (Å²) in [6, 6.07) is 0. The molecule has 71 heavy (non-hydrogen) atoms. The summed E-state index contributed by atoms with van der Waals surface area (Å²) in [5.74, 6) is -0.896. The number of carbonyl (C=O) groups is 3. The van der Waals surface area contributed by atoms with Crippen LogP contribution in [-0.2, 0) is 28.6 Å². The van der Waals surface area contributed by atoms with E-state index in [0.29, 0.717) is 19.3 Å². The molecule has 0 radical (unpaired) electrons. The number of carbonyl (C=O) groups excluding carboxylic acids is 3. The number of esters is 3. The molecule has 0 aliphatic heterocycles. The lowest BCUT2D eigenvalue weighted by Crippen LogP contribution is -2.30. The summed E-state index contributed by atoms with van der Waals surface area (Å²) in [5, 5.41) is 0. The molecule has 0 saturated carbocycles. The number of allylic oxidation sites excluding steroid dienone is 14. The van der Waals surface area contributed by atoms with Crippen LogP contribution in [0, 0.1) is 0 Å². The van der Waals surface area contributed by atoms with Crippen molar-refractivity contribution >= 4 is 17.9 Å². The summed E-state index contributed by atoms with van der Waals surface area (Å²) in [6.45, 7) is 6.51. The highest BCUT2D eigenvalue weighted by molar-refractivity contribution is 5.71. The molecule has 0 spiro atoms. The van der Waals surface area contributed by atoms with E-state index in [4.69, 9.17) is 14.2 Å². The first kappa shape index (κ1) is 67.6. The van der Waals surface area contributed by atoms with E-state index >= 15 is 0 Å². The highest BCUT2D eigenvalue weighted by Gasteiger charge is 2.19. The van der Waals surface area contributed by atoms with Crippen molar-refractivity contribution in [3.63, 3.8) is 0 Å². The molecule has 0 aliphatic rings. The van der Waals surface area contributed by atoms with Crippen LogP contribution in [0.4, 0.5) is 0 Å². The minimum absolute atomic E-state index is 0.0833. The molecule has 0 aromatic carbocycles. The molecular formula is C65H112O6. The topological polar surface area (TPSA) is 78.9 Å². The number of rotatable bonds is 54. The van der Waals surface area contributed by atoms with Crippen molar-refractivity contribution in [3.8, 4) is 0 Å². The van der Waals surface area contributed by atoms with Gasteiger partial charge in [-0.05, 0) is 96.3 Å². The SMILES string of the molecule is CC/C=C\C/C=C\C/C=C\C/C=C\C/C=C\C/C=C\CCCCCCCCC(=O)OCC(COC(=O)CCCCCCC/C=C\CCCCCC)OC(=O)CCCCCCCCCCCCCCCCC. The van der Waals surface area contributed by atoms with Crippen molar-refractivity contribution in [1.82, 2.24) is 0 Å². The summed E-state index contributed by atoms with van der Waals surface area (Å²) < 4.78 is 16.9. The fourth-order valence-corrected chi connectivity index (χ4v) is 8.38. The number of ether oxygens (including phenoxy) is 3. The molecule has 0 amide bonds. The van der Waals surface area contributed by atoms with Crippen LogP contribution in [-0.4, -0.2) is 37.2 Å². The average Bonchev–Trinajstić information content (AvgIpc) is 3.37. The highest BCUT2D eigenvalue weighted by atomic mass is 16.6. The van der Waals surface area contributed by atoms with Crippen LogP contribution >= 0.6 is 0 Å². The third kappa shape index (κ3) is 57.4. The molecule has 408 valence electrons. The van der Waals surface area contributed by atoms with E-state index in [-0.39, 0.29) is 31.1 Å². The Kier molecular flexibility index (Phi) is 56.3. The number of unbranched alkanes of at least 4 members (excludes halogenated alkanes) is 29. The molecule has 0 rings (SSSR count). The summed E-state index contributed by atoms with van der Waals surface area (Å²) in [5.41, 5.74) is 0. The quantitative estimate of drug-likeness (QED) is 0.0261. The first-order valence-electron chi connectivity index (χ1n) is 30.1. The minimum Gasteiger partial charge on any atom is -0.462 e. The van der Waals surface area contributed by atoms with Crippen LogP contribution in [0.5, 0.6) is 0 Å². The van der Waals surface area contributed by atoms with Crippen molar-refractivity contribution in [1.29, 1.82) is 0 Å². The maximum atomic E-state index is 12.9. The second-order valence-electron chi connectivity index (χ2n) is 19.9. The fourth-order valence-electron chi connectivity index (χ4n) is 8.38. The Labute approximate surface area is 439 Å². The molecule has 0 bridgehead atoms. The largest absolute Gasteiger partial charge is 0.462 e. The predicted octanol–water partition coefficient (Wildman–Crippen LogP) is 20.3. The van der Waals surface area contributed by atoms with Crippen LogP contribution < -0.4 is 0 Å². The first-order chi connectivity index (χ1) is 35.0. The van der Waals surface area contributed by atoms with Gasteiger partial charge in [0.05, 0.1) is 0 Å². The van der Waals surface area contributed by atoms with E-state index < -0.39 is 6.10 Å². The fraction of sp³-hybridized carbons (Fsp3) is 0.738. The van der Waals surface area contributed by atoms with Gasteiger partial charge in [-0.1, -0.05) is 260 Å². The van der Waals surface area contributed by atoms with Crippen LogP contribution in [0.15, 0.2) is 85.1 Å². The van der Waals surface area contributed by atoms with Gasteiger partial charge in [0.1, 0.15) is 13.2 Å². The Hall–Kier alpha value is -3.41. The zero-order valence-electron chi connectivity index (χ0n) is 46.7. The zero-order valence-corrected chi connectivity index (χ0v) is 46.7. The van der Waals surface area contributed by atoms with Gasteiger partial charge in [-0.15, -0.1) is 0 Å². The van der Waals surface area contributed by atoms with E-state index in [1.54, 1.807) is 0 Å². The van der Waals surface area contributed by atoms with Gasteiger partial charge < -0.3 is 14.2 Å². The summed E-state index contributed by atoms with van der Waals surface area (Å²) in [7, 11) is 0. The minimum atomic E-state index is -0.785. The Balaban J connectivity index is 4.35. The summed E-state index contributed by atoms with van der Waals surface area (Å²) in [6.07, 6.45) is 77.2. The van der Waals surface area contributed by atoms with Gasteiger partial charge in [0, 0.05) is 19.3 Å². The molecule has 0 fully saturated rings. The Morgan fingerprint density at radius 1 is 0.296 bits per heavy atom. The maximum absolute atomic E-state index is 12.9. The molecule has 0 saturated heterocycles. The third-order valence-corrected chi connectivity index (χ3v) is 12.9. The van der Waals surface area contributed by atoms with Gasteiger partial charge in [-0.2, -0.15) is 0 Å². The van der Waals surface area contributed by atoms with Gasteiger partial charge in [0.25, 0.3) is 0 Å². The van der Waals surface area contributed by atoms with Crippen molar-refractivity contribution in [2.75, 3.05) is 13.2 Å². The van der Waals surface area contributed by atoms with Gasteiger partial charge in [0.2, 0.25) is 0 Å². The molecule has 6 heteroatoms. The average molecular weight is 990 g/mol. The van der Waals surface area contributed by atoms with Crippen molar-refractivity contribution in [2.45, 2.75) is 297 Å². The lowest BCUT2D eigenvalue weighted by molar-refractivity contribution is -0.167. The van der Waals surface area contributed by atoms with Crippen LogP contribution in [0.3, 0.4) is 0 Å². The predicted molar refractivity (Wildman–Crippen MR) is 307 cm³/mol. The molecule has 0 aliphatic carbocycles. The molecule has 1 atom stereocenters. The monoisotopic (exact) mass is 989 g/mol. The van der Waals surface area contributed by atoms with Gasteiger partial charge in [-0.25, -0.2) is 0 Å². The van der Waals surface area contributed by atoms with Gasteiger partial charge in [0.15, 0.2) is 6.10 Å². The van der Waals surface area contributed by atoms with E-state index in [1.807, 2.05) is 0 Å². The second kappa shape index (κ2) is 59.2. The lowest BCUT2D eigenvalue weighted by atomic mass is 10.0. The molecule has 0 aromatic heterocycles. The number of hydrogen-bond acceptors (Lipinski definition) is 6. The lowest BCUT2D eigenvalue weighted by Gasteiger charge is -2.18. The Bertz CT molecular complexity index is 1370. The van der Waals surface area contributed by atoms with Crippen LogP contribution in [0.25, 0.3) is 0 Å². The Morgan fingerprint density at radius 3 is 0.887 bits per heavy atom. The van der Waals surface area contributed by atoms with Crippen molar-refractivity contribution < 1.29 is 28.6 Å². The van der Waals surface area contributed by atoms with Gasteiger partial charge in [-0.3, -0.25) is 14.4 Å². The molecule has 0 heterocycles. The van der Waals surface area contributed by atoms with E-state index in [2.05, 4.69) is 106 Å². The van der Waals surface area contributed by atoms with E-state index in [9.17, 15) is 14.4 Å². The van der Waals surface area contributed by atoms with Gasteiger partial charge >= 0.3 is 17.9 Å². The smallest absolute Gasteiger partial charge is 0.306 e. The normalized spacial score (nSPS) is 12.7. The van der Waals surface area contributed by atoms with Crippen molar-refractivity contribution in [2.24, 2.45) is 0 Å². The Morgan fingerprint density at radius 2 is 0.549 bits per heavy atom. The summed E-state index contributed by atoms with van der Waals surface area (Å²) in [4.78, 5) is 38.2. The van der Waals surface area contributed by atoms with E-state index in [1.165, 1.54) is 135 Å². The molecule has 0 N–H and O–H groups in total. The molecular weight excluding hydrogens is 877 g/mol. The molecule has 0 aromatic rings.